The predicted octanol–water partition coefficient (Wildman–Crippen LogP) is 3.69. The smallest absolute Gasteiger partial charge is 0.308 e. The molecule has 2 unspecified atom stereocenters. The van der Waals surface area contributed by atoms with Gasteiger partial charge in [0.05, 0.1) is 25.0 Å². The van der Waals surface area contributed by atoms with Crippen molar-refractivity contribution < 1.29 is 14.3 Å². The molecule has 0 saturated carbocycles. The second kappa shape index (κ2) is 6.71. The number of para-hydroxylation sites is 1. The van der Waals surface area contributed by atoms with Gasteiger partial charge in [-0.3, -0.25) is 9.59 Å². The van der Waals surface area contributed by atoms with E-state index < -0.39 is 5.41 Å². The molecule has 0 bridgehead atoms. The Balaban J connectivity index is 1.96. The summed E-state index contributed by atoms with van der Waals surface area (Å²) in [5.41, 5.74) is 2.26. The predicted molar refractivity (Wildman–Crippen MR) is 97.2 cm³/mol. The largest absolute Gasteiger partial charge is 0.469 e. The van der Waals surface area contributed by atoms with Crippen molar-refractivity contribution in [1.29, 1.82) is 0 Å². The molecule has 0 aromatic heterocycles. The number of carbonyl (C=O) groups is 2. The molecule has 2 aromatic carbocycles. The normalized spacial score (nSPS) is 20.3. The zero-order chi connectivity index (χ0) is 18.0. The number of rotatable bonds is 5. The van der Waals surface area contributed by atoms with Crippen molar-refractivity contribution >= 4 is 17.6 Å². The van der Waals surface area contributed by atoms with Crippen molar-refractivity contribution in [1.82, 2.24) is 0 Å². The fraction of sp³-hybridized carbons (Fsp3) is 0.333. The van der Waals surface area contributed by atoms with E-state index >= 15 is 0 Å². The van der Waals surface area contributed by atoms with Crippen LogP contribution in [0.1, 0.15) is 31.4 Å². The third-order valence-electron chi connectivity index (χ3n) is 5.01. The summed E-state index contributed by atoms with van der Waals surface area (Å²) in [4.78, 5) is 27.0. The standard InChI is InChI=1S/C21H23NO3/c1-15(19(23)25-3)13-21(2)17-11-7-8-12-18(17)22(20(21)24)14-16-9-5-4-6-10-16/h4-12,15H,13-14H2,1-3H3. The van der Waals surface area contributed by atoms with Crippen LogP contribution in [0.4, 0.5) is 5.69 Å². The van der Waals surface area contributed by atoms with E-state index in [1.54, 1.807) is 0 Å². The van der Waals surface area contributed by atoms with Crippen molar-refractivity contribution in [2.75, 3.05) is 12.0 Å². The number of carbonyl (C=O) groups excluding carboxylic acids is 2. The van der Waals surface area contributed by atoms with Gasteiger partial charge < -0.3 is 9.64 Å². The van der Waals surface area contributed by atoms with Crippen LogP contribution in [0.3, 0.4) is 0 Å². The molecule has 4 heteroatoms. The highest BCUT2D eigenvalue weighted by atomic mass is 16.5. The van der Waals surface area contributed by atoms with Gasteiger partial charge in [-0.2, -0.15) is 0 Å². The lowest BCUT2D eigenvalue weighted by atomic mass is 9.76. The molecule has 4 nitrogen and oxygen atoms in total. The Morgan fingerprint density at radius 3 is 2.44 bits per heavy atom. The lowest BCUT2D eigenvalue weighted by Gasteiger charge is -2.26. The maximum absolute atomic E-state index is 13.3. The van der Waals surface area contributed by atoms with Gasteiger partial charge in [0, 0.05) is 5.69 Å². The van der Waals surface area contributed by atoms with E-state index in [-0.39, 0.29) is 17.8 Å². The van der Waals surface area contributed by atoms with Crippen LogP contribution in [-0.2, 0) is 26.3 Å². The number of benzene rings is 2. The molecule has 1 heterocycles. The van der Waals surface area contributed by atoms with Gasteiger partial charge in [-0.25, -0.2) is 0 Å². The van der Waals surface area contributed by atoms with E-state index in [0.717, 1.165) is 16.8 Å². The Labute approximate surface area is 148 Å². The summed E-state index contributed by atoms with van der Waals surface area (Å²) in [5, 5.41) is 0. The van der Waals surface area contributed by atoms with Crippen LogP contribution in [0.15, 0.2) is 54.6 Å². The minimum atomic E-state index is -0.723. The zero-order valence-corrected chi connectivity index (χ0v) is 14.9. The minimum absolute atomic E-state index is 0.0355. The van der Waals surface area contributed by atoms with Crippen molar-refractivity contribution in [2.45, 2.75) is 32.2 Å². The average Bonchev–Trinajstić information content (AvgIpc) is 2.84. The van der Waals surface area contributed by atoms with Crippen LogP contribution in [0.25, 0.3) is 0 Å². The summed E-state index contributed by atoms with van der Waals surface area (Å²) in [7, 11) is 1.38. The van der Waals surface area contributed by atoms with Gasteiger partial charge in [0.25, 0.3) is 0 Å². The molecule has 0 aliphatic carbocycles. The second-order valence-corrected chi connectivity index (χ2v) is 6.85. The Morgan fingerprint density at radius 2 is 1.76 bits per heavy atom. The molecule has 130 valence electrons. The highest BCUT2D eigenvalue weighted by molar-refractivity contribution is 6.08. The van der Waals surface area contributed by atoms with E-state index in [4.69, 9.17) is 4.74 Å². The second-order valence-electron chi connectivity index (χ2n) is 6.85. The summed E-state index contributed by atoms with van der Waals surface area (Å²) in [6.07, 6.45) is 0.431. The highest BCUT2D eigenvalue weighted by Crippen LogP contribution is 2.45. The molecule has 2 aromatic rings. The Kier molecular flexibility index (Phi) is 4.62. The fourth-order valence-corrected chi connectivity index (χ4v) is 3.72. The highest BCUT2D eigenvalue weighted by Gasteiger charge is 2.48. The first kappa shape index (κ1) is 17.2. The molecule has 0 spiro atoms. The molecule has 25 heavy (non-hydrogen) atoms. The Bertz CT molecular complexity index is 787. The van der Waals surface area contributed by atoms with Gasteiger partial charge >= 0.3 is 5.97 Å². The maximum Gasteiger partial charge on any atom is 0.308 e. The number of esters is 1. The van der Waals surface area contributed by atoms with E-state index in [2.05, 4.69) is 0 Å². The first-order valence-corrected chi connectivity index (χ1v) is 8.50. The van der Waals surface area contributed by atoms with Gasteiger partial charge in [0.15, 0.2) is 0 Å². The van der Waals surface area contributed by atoms with Gasteiger partial charge in [-0.05, 0) is 30.5 Å². The fourth-order valence-electron chi connectivity index (χ4n) is 3.72. The molecule has 3 rings (SSSR count). The van der Waals surface area contributed by atoms with Crippen LogP contribution in [0.5, 0.6) is 0 Å². The third kappa shape index (κ3) is 3.04. The lowest BCUT2D eigenvalue weighted by Crippen LogP contribution is -2.40. The van der Waals surface area contributed by atoms with E-state index in [1.807, 2.05) is 73.3 Å². The molecule has 2 atom stereocenters. The quantitative estimate of drug-likeness (QED) is 0.782. The van der Waals surface area contributed by atoms with E-state index in [1.165, 1.54) is 7.11 Å². The van der Waals surface area contributed by atoms with Crippen molar-refractivity contribution in [3.8, 4) is 0 Å². The molecule has 0 fully saturated rings. The van der Waals surface area contributed by atoms with Crippen molar-refractivity contribution in [3.63, 3.8) is 0 Å². The summed E-state index contributed by atoms with van der Waals surface area (Å²) < 4.78 is 4.85. The van der Waals surface area contributed by atoms with E-state index in [0.29, 0.717) is 13.0 Å². The molecule has 1 aliphatic heterocycles. The maximum atomic E-state index is 13.3. The first-order chi connectivity index (χ1) is 12.0. The average molecular weight is 337 g/mol. The monoisotopic (exact) mass is 337 g/mol. The summed E-state index contributed by atoms with van der Waals surface area (Å²) >= 11 is 0. The summed E-state index contributed by atoms with van der Waals surface area (Å²) in [6.45, 7) is 4.27. The number of anilines is 1. The topological polar surface area (TPSA) is 46.6 Å². The first-order valence-electron chi connectivity index (χ1n) is 8.50. The van der Waals surface area contributed by atoms with E-state index in [9.17, 15) is 9.59 Å². The van der Waals surface area contributed by atoms with Crippen molar-refractivity contribution in [2.24, 2.45) is 5.92 Å². The SMILES string of the molecule is COC(=O)C(C)CC1(C)C(=O)N(Cc2ccccc2)c2ccccc21. The Hall–Kier alpha value is -2.62. The third-order valence-corrected chi connectivity index (χ3v) is 5.01. The van der Waals surface area contributed by atoms with Crippen LogP contribution < -0.4 is 4.90 Å². The number of fused-ring (bicyclic) bond motifs is 1. The van der Waals surface area contributed by atoms with Crippen LogP contribution >= 0.6 is 0 Å². The number of hydrogen-bond donors (Lipinski definition) is 0. The molecule has 1 aliphatic rings. The minimum Gasteiger partial charge on any atom is -0.469 e. The number of ether oxygens (including phenoxy) is 1. The molecule has 0 saturated heterocycles. The molecular formula is C21H23NO3. The van der Waals surface area contributed by atoms with Gasteiger partial charge in [-0.15, -0.1) is 0 Å². The summed E-state index contributed by atoms with van der Waals surface area (Å²) in [6, 6.07) is 17.8. The van der Waals surface area contributed by atoms with Gasteiger partial charge in [0.2, 0.25) is 5.91 Å². The molecular weight excluding hydrogens is 314 g/mol. The van der Waals surface area contributed by atoms with Crippen LogP contribution in [0, 0.1) is 5.92 Å². The van der Waals surface area contributed by atoms with Crippen molar-refractivity contribution in [3.05, 3.63) is 65.7 Å². The lowest BCUT2D eigenvalue weighted by molar-refractivity contribution is -0.145. The summed E-state index contributed by atoms with van der Waals surface area (Å²) in [5.74, 6) is -0.593. The Morgan fingerprint density at radius 1 is 1.12 bits per heavy atom. The molecule has 0 N–H and O–H groups in total. The number of methoxy groups -OCH3 is 1. The van der Waals surface area contributed by atoms with Crippen LogP contribution in [-0.4, -0.2) is 19.0 Å². The number of hydrogen-bond acceptors (Lipinski definition) is 3. The number of amides is 1. The zero-order valence-electron chi connectivity index (χ0n) is 14.9. The molecule has 0 radical (unpaired) electrons. The van der Waals surface area contributed by atoms with Crippen LogP contribution in [0.2, 0.25) is 0 Å². The van der Waals surface area contributed by atoms with Gasteiger partial charge in [-0.1, -0.05) is 55.5 Å². The number of nitrogens with zero attached hydrogens (tertiary/aromatic N) is 1. The van der Waals surface area contributed by atoms with Gasteiger partial charge in [0.1, 0.15) is 0 Å². The molecule has 1 amide bonds.